The Hall–Kier alpha value is -2.59. The number of hydrogen-bond donors (Lipinski definition) is 0. The summed E-state index contributed by atoms with van der Waals surface area (Å²) >= 11 is 6.27. The number of hydrogen-bond acceptors (Lipinski definition) is 3. The lowest BCUT2D eigenvalue weighted by atomic mass is 10.1. The number of carbonyl (C=O) groups excluding carboxylic acids is 1. The molecule has 1 aromatic heterocycles. The lowest BCUT2D eigenvalue weighted by molar-refractivity contribution is 0.0593. The van der Waals surface area contributed by atoms with Crippen molar-refractivity contribution < 1.29 is 9.53 Å². The van der Waals surface area contributed by atoms with Gasteiger partial charge in [-0.15, -0.1) is 0 Å². The number of nitrogens with zero attached hydrogens (tertiary/aromatic N) is 2. The van der Waals surface area contributed by atoms with E-state index in [0.29, 0.717) is 23.7 Å². The Morgan fingerprint density at radius 1 is 1.16 bits per heavy atom. The standard InChI is InChI=1S/C20H19ClN2O2/c1-14-7-9-15(10-8-14)11-17-12-19(20(24)25-2)22-23(17)13-16-5-3-4-6-18(16)21/h3-10,12H,11,13H2,1-2H3. The monoisotopic (exact) mass is 354 g/mol. The summed E-state index contributed by atoms with van der Waals surface area (Å²) in [5, 5.41) is 5.09. The molecule has 3 rings (SSSR count). The van der Waals surface area contributed by atoms with E-state index in [1.807, 2.05) is 28.9 Å². The maximum atomic E-state index is 11.9. The Labute approximate surface area is 152 Å². The number of rotatable bonds is 5. The van der Waals surface area contributed by atoms with Crippen molar-refractivity contribution in [3.8, 4) is 0 Å². The highest BCUT2D eigenvalue weighted by Crippen LogP contribution is 2.19. The number of aryl methyl sites for hydroxylation is 1. The van der Waals surface area contributed by atoms with Crippen LogP contribution >= 0.6 is 11.6 Å². The predicted molar refractivity (Wildman–Crippen MR) is 98.1 cm³/mol. The number of carbonyl (C=O) groups is 1. The van der Waals surface area contributed by atoms with Crippen molar-refractivity contribution in [2.75, 3.05) is 7.11 Å². The third-order valence-corrected chi connectivity index (χ3v) is 4.41. The number of esters is 1. The van der Waals surface area contributed by atoms with Crippen LogP contribution in [0.25, 0.3) is 0 Å². The Balaban J connectivity index is 1.94. The maximum absolute atomic E-state index is 11.9. The quantitative estimate of drug-likeness (QED) is 0.643. The Morgan fingerprint density at radius 2 is 1.88 bits per heavy atom. The molecule has 0 bridgehead atoms. The summed E-state index contributed by atoms with van der Waals surface area (Å²) in [5.41, 5.74) is 4.56. The first kappa shape index (κ1) is 17.2. The molecule has 5 heteroatoms. The second-order valence-electron chi connectivity index (χ2n) is 5.92. The average molecular weight is 355 g/mol. The van der Waals surface area contributed by atoms with Gasteiger partial charge in [-0.25, -0.2) is 4.79 Å². The normalized spacial score (nSPS) is 10.7. The van der Waals surface area contributed by atoms with Gasteiger partial charge in [-0.05, 0) is 30.2 Å². The van der Waals surface area contributed by atoms with Crippen molar-refractivity contribution >= 4 is 17.6 Å². The molecular formula is C20H19ClN2O2. The van der Waals surface area contributed by atoms with E-state index >= 15 is 0 Å². The molecule has 3 aromatic rings. The predicted octanol–water partition coefficient (Wildman–Crippen LogP) is 4.27. The lowest BCUT2D eigenvalue weighted by Crippen LogP contribution is -2.09. The molecule has 0 saturated carbocycles. The van der Waals surface area contributed by atoms with Gasteiger partial charge in [0.25, 0.3) is 0 Å². The molecule has 0 aliphatic carbocycles. The molecule has 0 spiro atoms. The van der Waals surface area contributed by atoms with Crippen LogP contribution in [-0.2, 0) is 17.7 Å². The molecule has 25 heavy (non-hydrogen) atoms. The summed E-state index contributed by atoms with van der Waals surface area (Å²) < 4.78 is 6.62. The smallest absolute Gasteiger partial charge is 0.358 e. The van der Waals surface area contributed by atoms with Crippen molar-refractivity contribution in [3.63, 3.8) is 0 Å². The molecule has 0 N–H and O–H groups in total. The van der Waals surface area contributed by atoms with Crippen LogP contribution in [0.5, 0.6) is 0 Å². The highest BCUT2D eigenvalue weighted by molar-refractivity contribution is 6.31. The summed E-state index contributed by atoms with van der Waals surface area (Å²) in [6, 6.07) is 17.7. The Morgan fingerprint density at radius 3 is 2.56 bits per heavy atom. The molecule has 0 unspecified atom stereocenters. The van der Waals surface area contributed by atoms with Gasteiger partial charge in [0, 0.05) is 17.1 Å². The third-order valence-electron chi connectivity index (χ3n) is 4.04. The van der Waals surface area contributed by atoms with Crippen LogP contribution in [-0.4, -0.2) is 22.9 Å². The topological polar surface area (TPSA) is 44.1 Å². The molecule has 0 radical (unpaired) electrons. The van der Waals surface area contributed by atoms with Gasteiger partial charge in [-0.3, -0.25) is 4.68 Å². The van der Waals surface area contributed by atoms with Gasteiger partial charge < -0.3 is 4.74 Å². The van der Waals surface area contributed by atoms with E-state index in [1.165, 1.54) is 12.7 Å². The van der Waals surface area contributed by atoms with Crippen molar-refractivity contribution in [2.24, 2.45) is 0 Å². The minimum Gasteiger partial charge on any atom is -0.464 e. The average Bonchev–Trinajstić information content (AvgIpc) is 3.01. The van der Waals surface area contributed by atoms with Crippen molar-refractivity contribution in [3.05, 3.63) is 87.7 Å². The molecule has 128 valence electrons. The van der Waals surface area contributed by atoms with E-state index in [4.69, 9.17) is 16.3 Å². The van der Waals surface area contributed by atoms with Gasteiger partial charge in [0.1, 0.15) is 0 Å². The zero-order chi connectivity index (χ0) is 17.8. The number of aromatic nitrogens is 2. The number of benzene rings is 2. The SMILES string of the molecule is COC(=O)c1cc(Cc2ccc(C)cc2)n(Cc2ccccc2Cl)n1. The summed E-state index contributed by atoms with van der Waals surface area (Å²) in [7, 11) is 1.36. The second kappa shape index (κ2) is 7.53. The Kier molecular flexibility index (Phi) is 5.19. The van der Waals surface area contributed by atoms with Gasteiger partial charge in [0.2, 0.25) is 0 Å². The molecule has 0 amide bonds. The van der Waals surface area contributed by atoms with E-state index in [0.717, 1.165) is 16.8 Å². The fourth-order valence-electron chi connectivity index (χ4n) is 2.64. The third kappa shape index (κ3) is 4.09. The maximum Gasteiger partial charge on any atom is 0.358 e. The molecule has 2 aromatic carbocycles. The summed E-state index contributed by atoms with van der Waals surface area (Å²) in [4.78, 5) is 11.9. The van der Waals surface area contributed by atoms with E-state index in [9.17, 15) is 4.79 Å². The number of ether oxygens (including phenoxy) is 1. The largest absolute Gasteiger partial charge is 0.464 e. The van der Waals surface area contributed by atoms with E-state index in [2.05, 4.69) is 36.3 Å². The first-order valence-electron chi connectivity index (χ1n) is 8.01. The van der Waals surface area contributed by atoms with Crippen LogP contribution in [0.15, 0.2) is 54.6 Å². The molecule has 0 atom stereocenters. The molecule has 0 aliphatic rings. The molecule has 1 heterocycles. The van der Waals surface area contributed by atoms with Gasteiger partial charge in [0.15, 0.2) is 5.69 Å². The highest BCUT2D eigenvalue weighted by Gasteiger charge is 2.16. The highest BCUT2D eigenvalue weighted by atomic mass is 35.5. The number of methoxy groups -OCH3 is 1. The molecule has 0 fully saturated rings. The molecule has 0 saturated heterocycles. The van der Waals surface area contributed by atoms with Crippen molar-refractivity contribution in [2.45, 2.75) is 19.9 Å². The minimum absolute atomic E-state index is 0.302. The summed E-state index contributed by atoms with van der Waals surface area (Å²) in [6.45, 7) is 2.55. The zero-order valence-corrected chi connectivity index (χ0v) is 15.0. The van der Waals surface area contributed by atoms with E-state index in [-0.39, 0.29) is 0 Å². The lowest BCUT2D eigenvalue weighted by Gasteiger charge is -2.09. The fraction of sp³-hybridized carbons (Fsp3) is 0.200. The van der Waals surface area contributed by atoms with Gasteiger partial charge in [-0.2, -0.15) is 5.10 Å². The fourth-order valence-corrected chi connectivity index (χ4v) is 2.84. The van der Waals surface area contributed by atoms with Crippen LogP contribution < -0.4 is 0 Å². The van der Waals surface area contributed by atoms with Gasteiger partial charge in [-0.1, -0.05) is 59.6 Å². The summed E-state index contributed by atoms with van der Waals surface area (Å²) in [5.74, 6) is -0.442. The zero-order valence-electron chi connectivity index (χ0n) is 14.2. The van der Waals surface area contributed by atoms with Gasteiger partial charge in [0.05, 0.1) is 13.7 Å². The van der Waals surface area contributed by atoms with Crippen LogP contribution in [0.2, 0.25) is 5.02 Å². The van der Waals surface area contributed by atoms with E-state index in [1.54, 1.807) is 6.07 Å². The van der Waals surface area contributed by atoms with E-state index < -0.39 is 5.97 Å². The van der Waals surface area contributed by atoms with Crippen LogP contribution in [0.4, 0.5) is 0 Å². The first-order chi connectivity index (χ1) is 12.1. The summed E-state index contributed by atoms with van der Waals surface area (Å²) in [6.07, 6.45) is 0.675. The van der Waals surface area contributed by atoms with Crippen molar-refractivity contribution in [1.82, 2.24) is 9.78 Å². The molecular weight excluding hydrogens is 336 g/mol. The van der Waals surface area contributed by atoms with Crippen LogP contribution in [0.3, 0.4) is 0 Å². The molecule has 0 aliphatic heterocycles. The van der Waals surface area contributed by atoms with Crippen LogP contribution in [0, 0.1) is 6.92 Å². The first-order valence-corrected chi connectivity index (χ1v) is 8.38. The minimum atomic E-state index is -0.442. The number of halogens is 1. The second-order valence-corrected chi connectivity index (χ2v) is 6.33. The van der Waals surface area contributed by atoms with Crippen LogP contribution in [0.1, 0.15) is 32.9 Å². The van der Waals surface area contributed by atoms with Crippen molar-refractivity contribution in [1.29, 1.82) is 0 Å². The Bertz CT molecular complexity index is 885. The molecule has 4 nitrogen and oxygen atoms in total. The van der Waals surface area contributed by atoms with Gasteiger partial charge >= 0.3 is 5.97 Å².